The van der Waals surface area contributed by atoms with Gasteiger partial charge < -0.3 is 9.64 Å². The van der Waals surface area contributed by atoms with Crippen LogP contribution in [0.2, 0.25) is 5.02 Å². The number of rotatable bonds is 5. The summed E-state index contributed by atoms with van der Waals surface area (Å²) < 4.78 is 5.84. The summed E-state index contributed by atoms with van der Waals surface area (Å²) in [4.78, 5) is 16.3. The fourth-order valence-electron chi connectivity index (χ4n) is 3.27. The highest BCUT2D eigenvalue weighted by Crippen LogP contribution is 2.31. The van der Waals surface area contributed by atoms with Crippen molar-refractivity contribution >= 4 is 46.2 Å². The van der Waals surface area contributed by atoms with Gasteiger partial charge in [-0.05, 0) is 73.2 Å². The second-order valence-electron chi connectivity index (χ2n) is 6.75. The molecule has 29 heavy (non-hydrogen) atoms. The molecule has 0 spiro atoms. The van der Waals surface area contributed by atoms with Crippen LogP contribution in [0, 0.1) is 0 Å². The summed E-state index contributed by atoms with van der Waals surface area (Å²) >= 11 is 11.6. The van der Waals surface area contributed by atoms with Gasteiger partial charge in [-0.1, -0.05) is 41.9 Å². The molecule has 1 fully saturated rings. The first-order valence-electron chi connectivity index (χ1n) is 9.24. The van der Waals surface area contributed by atoms with Crippen molar-refractivity contribution in [2.75, 3.05) is 9.80 Å². The molecular formula is C23H19ClN2O2S. The van der Waals surface area contributed by atoms with E-state index in [1.165, 1.54) is 0 Å². The van der Waals surface area contributed by atoms with Gasteiger partial charge in [0.15, 0.2) is 5.11 Å². The Hall–Kier alpha value is -2.89. The maximum Gasteiger partial charge on any atom is 0.256 e. The van der Waals surface area contributed by atoms with Gasteiger partial charge >= 0.3 is 0 Å². The third kappa shape index (κ3) is 3.97. The second-order valence-corrected chi connectivity index (χ2v) is 7.55. The largest absolute Gasteiger partial charge is 0.489 e. The van der Waals surface area contributed by atoms with E-state index in [-0.39, 0.29) is 5.91 Å². The fraction of sp³-hybridized carbons (Fsp3) is 0.130. The van der Waals surface area contributed by atoms with Gasteiger partial charge in [0.25, 0.3) is 5.91 Å². The minimum atomic E-state index is -0.394. The Morgan fingerprint density at radius 3 is 2.21 bits per heavy atom. The third-order valence-corrected chi connectivity index (χ3v) is 5.44. The van der Waals surface area contributed by atoms with Crippen LogP contribution >= 0.6 is 23.8 Å². The third-order valence-electron chi connectivity index (χ3n) is 4.81. The van der Waals surface area contributed by atoms with Crippen molar-refractivity contribution in [3.05, 3.63) is 89.4 Å². The van der Waals surface area contributed by atoms with Crippen LogP contribution in [0.1, 0.15) is 12.5 Å². The van der Waals surface area contributed by atoms with Crippen LogP contribution in [0.5, 0.6) is 5.75 Å². The zero-order valence-corrected chi connectivity index (χ0v) is 17.4. The summed E-state index contributed by atoms with van der Waals surface area (Å²) in [5.74, 6) is 0.693. The van der Waals surface area contributed by atoms with Gasteiger partial charge in [0.2, 0.25) is 0 Å². The van der Waals surface area contributed by atoms with Crippen molar-refractivity contribution in [1.82, 2.24) is 0 Å². The molecule has 1 aliphatic heterocycles. The molecule has 3 aromatic carbocycles. The number of nitrogens with zero attached hydrogens (tertiary/aromatic N) is 2. The number of amides is 1. The molecule has 1 unspecified atom stereocenters. The Balaban J connectivity index is 1.51. The molecule has 0 radical (unpaired) electrons. The van der Waals surface area contributed by atoms with E-state index in [2.05, 4.69) is 0 Å². The Morgan fingerprint density at radius 2 is 1.55 bits per heavy atom. The van der Waals surface area contributed by atoms with Gasteiger partial charge in [0, 0.05) is 10.7 Å². The van der Waals surface area contributed by atoms with E-state index in [1.807, 2.05) is 66.4 Å². The normalized spacial score (nSPS) is 16.4. The molecule has 4 rings (SSSR count). The van der Waals surface area contributed by atoms with Crippen molar-refractivity contribution in [3.8, 4) is 5.75 Å². The number of carbonyl (C=O) groups excluding carboxylic acids is 1. The first kappa shape index (κ1) is 19.4. The van der Waals surface area contributed by atoms with Gasteiger partial charge in [0.05, 0.1) is 5.69 Å². The molecule has 6 heteroatoms. The van der Waals surface area contributed by atoms with Crippen LogP contribution in [-0.2, 0) is 11.4 Å². The van der Waals surface area contributed by atoms with Crippen LogP contribution in [0.25, 0.3) is 0 Å². The molecule has 1 atom stereocenters. The average molecular weight is 423 g/mol. The minimum absolute atomic E-state index is 0.0678. The van der Waals surface area contributed by atoms with Crippen molar-refractivity contribution < 1.29 is 9.53 Å². The average Bonchev–Trinajstić information content (AvgIpc) is 2.97. The standard InChI is InChI=1S/C23H19ClN2O2S/c1-16-22(27)26(20-9-7-18(24)8-10-20)23(29)25(16)19-11-13-21(14-12-19)28-15-17-5-3-2-4-6-17/h2-14,16H,15H2,1H3. The predicted octanol–water partition coefficient (Wildman–Crippen LogP) is 5.45. The topological polar surface area (TPSA) is 32.8 Å². The molecule has 1 heterocycles. The maximum atomic E-state index is 12.9. The minimum Gasteiger partial charge on any atom is -0.489 e. The molecule has 0 saturated carbocycles. The van der Waals surface area contributed by atoms with Crippen molar-refractivity contribution in [2.45, 2.75) is 19.6 Å². The van der Waals surface area contributed by atoms with E-state index in [1.54, 1.807) is 29.2 Å². The zero-order chi connectivity index (χ0) is 20.4. The van der Waals surface area contributed by atoms with Gasteiger partial charge in [-0.15, -0.1) is 0 Å². The zero-order valence-electron chi connectivity index (χ0n) is 15.8. The number of hydrogen-bond donors (Lipinski definition) is 0. The van der Waals surface area contributed by atoms with Crippen LogP contribution in [0.4, 0.5) is 11.4 Å². The number of benzene rings is 3. The Bertz CT molecular complexity index is 1020. The summed E-state index contributed by atoms with van der Waals surface area (Å²) in [5.41, 5.74) is 2.66. The SMILES string of the molecule is CC1C(=O)N(c2ccc(Cl)cc2)C(=S)N1c1ccc(OCc2ccccc2)cc1. The lowest BCUT2D eigenvalue weighted by atomic mass is 10.2. The molecule has 146 valence electrons. The Kier molecular flexibility index (Phi) is 5.51. The van der Waals surface area contributed by atoms with E-state index in [9.17, 15) is 4.79 Å². The smallest absolute Gasteiger partial charge is 0.256 e. The van der Waals surface area contributed by atoms with E-state index in [4.69, 9.17) is 28.6 Å². The van der Waals surface area contributed by atoms with E-state index in [0.29, 0.717) is 22.4 Å². The Morgan fingerprint density at radius 1 is 0.931 bits per heavy atom. The highest BCUT2D eigenvalue weighted by Gasteiger charge is 2.41. The summed E-state index contributed by atoms with van der Waals surface area (Å²) in [5, 5.41) is 1.06. The maximum absolute atomic E-state index is 12.9. The fourth-order valence-corrected chi connectivity index (χ4v) is 3.86. The van der Waals surface area contributed by atoms with Gasteiger partial charge in [0.1, 0.15) is 18.4 Å². The number of carbonyl (C=O) groups is 1. The van der Waals surface area contributed by atoms with Crippen molar-refractivity contribution in [3.63, 3.8) is 0 Å². The summed E-state index contributed by atoms with van der Waals surface area (Å²) in [6.07, 6.45) is 0. The highest BCUT2D eigenvalue weighted by molar-refractivity contribution is 7.81. The van der Waals surface area contributed by atoms with Crippen LogP contribution in [-0.4, -0.2) is 17.1 Å². The number of thiocarbonyl (C=S) groups is 1. The van der Waals surface area contributed by atoms with E-state index in [0.717, 1.165) is 17.0 Å². The molecular weight excluding hydrogens is 404 g/mol. The van der Waals surface area contributed by atoms with E-state index < -0.39 is 6.04 Å². The summed E-state index contributed by atoms with van der Waals surface area (Å²) in [6, 6.07) is 24.3. The van der Waals surface area contributed by atoms with Crippen LogP contribution < -0.4 is 14.5 Å². The van der Waals surface area contributed by atoms with Gasteiger partial charge in [-0.2, -0.15) is 0 Å². The lowest BCUT2D eigenvalue weighted by Gasteiger charge is -2.22. The molecule has 1 saturated heterocycles. The summed E-state index contributed by atoms with van der Waals surface area (Å²) in [6.45, 7) is 2.35. The number of halogens is 1. The van der Waals surface area contributed by atoms with Crippen molar-refractivity contribution in [2.24, 2.45) is 0 Å². The predicted molar refractivity (Wildman–Crippen MR) is 121 cm³/mol. The lowest BCUT2D eigenvalue weighted by molar-refractivity contribution is -0.117. The van der Waals surface area contributed by atoms with Crippen LogP contribution in [0.3, 0.4) is 0 Å². The number of hydrogen-bond acceptors (Lipinski definition) is 3. The molecule has 3 aromatic rings. The van der Waals surface area contributed by atoms with Gasteiger partial charge in [-0.3, -0.25) is 9.69 Å². The monoisotopic (exact) mass is 422 g/mol. The molecule has 0 N–H and O–H groups in total. The summed E-state index contributed by atoms with van der Waals surface area (Å²) in [7, 11) is 0. The van der Waals surface area contributed by atoms with E-state index >= 15 is 0 Å². The molecule has 1 aliphatic rings. The first-order valence-corrected chi connectivity index (χ1v) is 10.0. The van der Waals surface area contributed by atoms with Gasteiger partial charge in [-0.25, -0.2) is 0 Å². The molecule has 0 bridgehead atoms. The lowest BCUT2D eigenvalue weighted by Crippen LogP contribution is -2.33. The highest BCUT2D eigenvalue weighted by atomic mass is 35.5. The molecule has 4 nitrogen and oxygen atoms in total. The number of anilines is 2. The molecule has 1 amide bonds. The Labute approximate surface area is 180 Å². The van der Waals surface area contributed by atoms with Crippen LogP contribution in [0.15, 0.2) is 78.9 Å². The number of ether oxygens (including phenoxy) is 1. The second kappa shape index (κ2) is 8.23. The first-order chi connectivity index (χ1) is 14.0. The molecule has 0 aliphatic carbocycles. The molecule has 0 aromatic heterocycles. The van der Waals surface area contributed by atoms with Crippen molar-refractivity contribution in [1.29, 1.82) is 0 Å². The quantitative estimate of drug-likeness (QED) is 0.512.